The molecule has 0 radical (unpaired) electrons. The Morgan fingerprint density at radius 2 is 2.00 bits per heavy atom. The first-order valence-corrected chi connectivity index (χ1v) is 7.11. The molecule has 0 heterocycles. The molecule has 0 aromatic rings. The maximum Gasteiger partial charge on any atom is 0.206 e. The zero-order valence-electron chi connectivity index (χ0n) is 11.3. The van der Waals surface area contributed by atoms with Crippen LogP contribution >= 0.6 is 0 Å². The van der Waals surface area contributed by atoms with E-state index in [4.69, 9.17) is 10.8 Å². The summed E-state index contributed by atoms with van der Waals surface area (Å²) in [4.78, 5) is 4.69. The Hall–Kier alpha value is -0.770. The number of guanidine groups is 1. The highest BCUT2D eigenvalue weighted by atomic mass is 15.3. The van der Waals surface area contributed by atoms with E-state index in [2.05, 4.69) is 24.6 Å². The van der Waals surface area contributed by atoms with Gasteiger partial charge in [0.15, 0.2) is 0 Å². The largest absolute Gasteiger partial charge is 0.353 e. The van der Waals surface area contributed by atoms with Crippen LogP contribution in [0.2, 0.25) is 0 Å². The fraction of sp³-hybridized carbons (Fsp3) is 0.923. The molecule has 4 heteroatoms. The van der Waals surface area contributed by atoms with Crippen molar-refractivity contribution in [3.63, 3.8) is 0 Å². The van der Waals surface area contributed by atoms with E-state index in [0.717, 1.165) is 12.4 Å². The Labute approximate surface area is 105 Å². The average Bonchev–Trinajstić information content (AvgIpc) is 2.38. The van der Waals surface area contributed by atoms with Crippen molar-refractivity contribution in [2.75, 3.05) is 0 Å². The molecular weight excluding hydrogens is 212 g/mol. The summed E-state index contributed by atoms with van der Waals surface area (Å²) in [5.41, 5.74) is 2.71. The lowest BCUT2D eigenvalue weighted by Gasteiger charge is -2.22. The molecule has 0 amide bonds. The van der Waals surface area contributed by atoms with Crippen molar-refractivity contribution >= 4 is 5.96 Å². The van der Waals surface area contributed by atoms with Crippen LogP contribution in [0.4, 0.5) is 0 Å². The number of hydrogen-bond acceptors (Lipinski definition) is 2. The predicted octanol–water partition coefficient (Wildman–Crippen LogP) is 2.31. The number of nitrogens with one attached hydrogen (secondary N) is 2. The van der Waals surface area contributed by atoms with Crippen LogP contribution in [-0.2, 0) is 0 Å². The standard InChI is InChI=1S/C13H28N4/c1-3-8-11(4-2)15-13(17-14)16-12-9-6-5-7-10-12/h11-12H,3-10,14H2,1-2H3,(H2,15,16,17). The van der Waals surface area contributed by atoms with E-state index in [9.17, 15) is 0 Å². The lowest BCUT2D eigenvalue weighted by molar-refractivity contribution is 0.438. The fourth-order valence-corrected chi connectivity index (χ4v) is 2.43. The minimum Gasteiger partial charge on any atom is -0.353 e. The van der Waals surface area contributed by atoms with Crippen molar-refractivity contribution in [2.24, 2.45) is 10.8 Å². The maximum atomic E-state index is 5.55. The van der Waals surface area contributed by atoms with Gasteiger partial charge in [0, 0.05) is 6.04 Å². The molecule has 0 aromatic heterocycles. The molecule has 1 saturated carbocycles. The van der Waals surface area contributed by atoms with Crippen LogP contribution in [0.5, 0.6) is 0 Å². The molecular formula is C13H28N4. The Balaban J connectivity index is 2.47. The number of nitrogens with zero attached hydrogens (tertiary/aromatic N) is 1. The Kier molecular flexibility index (Phi) is 7.01. The van der Waals surface area contributed by atoms with Gasteiger partial charge in [0.25, 0.3) is 0 Å². The Morgan fingerprint density at radius 1 is 1.29 bits per heavy atom. The van der Waals surface area contributed by atoms with E-state index < -0.39 is 0 Å². The van der Waals surface area contributed by atoms with E-state index in [0.29, 0.717) is 12.1 Å². The van der Waals surface area contributed by atoms with E-state index in [1.165, 1.54) is 44.9 Å². The van der Waals surface area contributed by atoms with Crippen molar-refractivity contribution in [2.45, 2.75) is 77.3 Å². The van der Waals surface area contributed by atoms with Gasteiger partial charge in [-0.25, -0.2) is 10.8 Å². The van der Waals surface area contributed by atoms with E-state index in [-0.39, 0.29) is 0 Å². The van der Waals surface area contributed by atoms with Gasteiger partial charge in [-0.1, -0.05) is 39.5 Å². The van der Waals surface area contributed by atoms with Gasteiger partial charge in [0.2, 0.25) is 5.96 Å². The van der Waals surface area contributed by atoms with Crippen LogP contribution < -0.4 is 16.6 Å². The van der Waals surface area contributed by atoms with Crippen molar-refractivity contribution in [1.29, 1.82) is 0 Å². The first-order valence-electron chi connectivity index (χ1n) is 7.11. The maximum absolute atomic E-state index is 5.55. The minimum absolute atomic E-state index is 0.460. The number of rotatable bonds is 5. The molecule has 0 bridgehead atoms. The summed E-state index contributed by atoms with van der Waals surface area (Å²) in [5, 5.41) is 3.42. The second kappa shape index (κ2) is 8.34. The SMILES string of the molecule is CCCC(CC)NC(=NC1CCCCC1)NN. The molecule has 1 aliphatic rings. The summed E-state index contributed by atoms with van der Waals surface area (Å²) in [6.07, 6.45) is 9.84. The molecule has 1 unspecified atom stereocenters. The van der Waals surface area contributed by atoms with Crippen LogP contribution in [0.15, 0.2) is 4.99 Å². The number of aliphatic imine (C=N–C) groups is 1. The molecule has 0 aromatic carbocycles. The first-order chi connectivity index (χ1) is 8.30. The van der Waals surface area contributed by atoms with Crippen molar-refractivity contribution in [1.82, 2.24) is 10.7 Å². The van der Waals surface area contributed by atoms with Crippen LogP contribution in [0.3, 0.4) is 0 Å². The van der Waals surface area contributed by atoms with Gasteiger partial charge >= 0.3 is 0 Å². The first kappa shape index (κ1) is 14.3. The summed E-state index contributed by atoms with van der Waals surface area (Å²) >= 11 is 0. The average molecular weight is 240 g/mol. The number of nitrogens with two attached hydrogens (primary N) is 1. The summed E-state index contributed by atoms with van der Waals surface area (Å²) in [5.74, 6) is 6.32. The number of hydrogen-bond donors (Lipinski definition) is 3. The summed E-state index contributed by atoms with van der Waals surface area (Å²) < 4.78 is 0. The van der Waals surface area contributed by atoms with Gasteiger partial charge in [-0.15, -0.1) is 0 Å². The van der Waals surface area contributed by atoms with Crippen LogP contribution in [-0.4, -0.2) is 18.0 Å². The highest BCUT2D eigenvalue weighted by Gasteiger charge is 2.14. The van der Waals surface area contributed by atoms with Crippen LogP contribution in [0.1, 0.15) is 65.2 Å². The monoisotopic (exact) mass is 240 g/mol. The summed E-state index contributed by atoms with van der Waals surface area (Å²) in [6.45, 7) is 4.40. The summed E-state index contributed by atoms with van der Waals surface area (Å²) in [6, 6.07) is 0.944. The predicted molar refractivity (Wildman–Crippen MR) is 73.8 cm³/mol. The van der Waals surface area contributed by atoms with Crippen LogP contribution in [0.25, 0.3) is 0 Å². The molecule has 4 nitrogen and oxygen atoms in total. The third kappa shape index (κ3) is 5.39. The quantitative estimate of drug-likeness (QED) is 0.299. The zero-order valence-corrected chi connectivity index (χ0v) is 11.3. The fourth-order valence-electron chi connectivity index (χ4n) is 2.43. The molecule has 4 N–H and O–H groups in total. The lowest BCUT2D eigenvalue weighted by Crippen LogP contribution is -2.47. The van der Waals surface area contributed by atoms with Gasteiger partial charge in [0.05, 0.1) is 6.04 Å². The third-order valence-corrected chi connectivity index (χ3v) is 3.49. The molecule has 0 spiro atoms. The minimum atomic E-state index is 0.460. The smallest absolute Gasteiger partial charge is 0.206 e. The molecule has 1 aliphatic carbocycles. The lowest BCUT2D eigenvalue weighted by atomic mass is 9.96. The van der Waals surface area contributed by atoms with Crippen molar-refractivity contribution in [3.05, 3.63) is 0 Å². The van der Waals surface area contributed by atoms with Crippen molar-refractivity contribution in [3.8, 4) is 0 Å². The highest BCUT2D eigenvalue weighted by molar-refractivity contribution is 5.79. The number of hydrazine groups is 1. The molecule has 1 fully saturated rings. The highest BCUT2D eigenvalue weighted by Crippen LogP contribution is 2.20. The zero-order chi connectivity index (χ0) is 12.5. The molecule has 1 rings (SSSR count). The second-order valence-corrected chi connectivity index (χ2v) is 4.95. The Morgan fingerprint density at radius 3 is 2.53 bits per heavy atom. The van der Waals surface area contributed by atoms with Gasteiger partial charge < -0.3 is 5.32 Å². The molecule has 1 atom stereocenters. The molecule has 0 aliphatic heterocycles. The van der Waals surface area contributed by atoms with Crippen LogP contribution in [0, 0.1) is 0 Å². The normalized spacial score (nSPS) is 20.1. The summed E-state index contributed by atoms with van der Waals surface area (Å²) in [7, 11) is 0. The molecule has 0 saturated heterocycles. The molecule has 17 heavy (non-hydrogen) atoms. The van der Waals surface area contributed by atoms with Crippen molar-refractivity contribution < 1.29 is 0 Å². The van der Waals surface area contributed by atoms with Gasteiger partial charge in [-0.05, 0) is 25.7 Å². The van der Waals surface area contributed by atoms with E-state index in [1.807, 2.05) is 0 Å². The van der Waals surface area contributed by atoms with Gasteiger partial charge in [-0.3, -0.25) is 5.43 Å². The van der Waals surface area contributed by atoms with E-state index >= 15 is 0 Å². The van der Waals surface area contributed by atoms with E-state index in [1.54, 1.807) is 0 Å². The molecule has 100 valence electrons. The van der Waals surface area contributed by atoms with Gasteiger partial charge in [-0.2, -0.15) is 0 Å². The second-order valence-electron chi connectivity index (χ2n) is 4.95. The topological polar surface area (TPSA) is 62.4 Å². The third-order valence-electron chi connectivity index (χ3n) is 3.49. The Bertz CT molecular complexity index is 221. The van der Waals surface area contributed by atoms with Gasteiger partial charge in [0.1, 0.15) is 0 Å².